The van der Waals surface area contributed by atoms with Gasteiger partial charge in [0.05, 0.1) is 11.1 Å². The molecule has 0 aliphatic heterocycles. The summed E-state index contributed by atoms with van der Waals surface area (Å²) in [6.07, 6.45) is 3.28. The Labute approximate surface area is 134 Å². The number of amides is 1. The van der Waals surface area contributed by atoms with Crippen LogP contribution in [0.15, 0.2) is 35.4 Å². The van der Waals surface area contributed by atoms with Crippen LogP contribution in [0.4, 0.5) is 5.82 Å². The Morgan fingerprint density at radius 3 is 2.74 bits per heavy atom. The topological polar surface area (TPSA) is 93.1 Å². The average molecular weight is 334 g/mol. The molecule has 122 valence electrons. The van der Waals surface area contributed by atoms with E-state index in [0.717, 1.165) is 18.4 Å². The quantitative estimate of drug-likeness (QED) is 0.865. The Kier molecular flexibility index (Phi) is 3.85. The molecule has 1 saturated carbocycles. The van der Waals surface area contributed by atoms with Crippen LogP contribution in [0.2, 0.25) is 0 Å². The number of hydrogen-bond donors (Lipinski definition) is 2. The minimum Gasteiger partial charge on any atom is -0.349 e. The standard InChI is InChI=1S/C15H18N4O3S/c1-10-4-3-5-12(8-10)23(21,22)18-14-13(9-16-19(14)2)15(20)17-11-6-7-11/h3-5,8-9,11,18H,6-7H2,1-2H3,(H,17,20). The zero-order valence-corrected chi connectivity index (χ0v) is 13.7. The second kappa shape index (κ2) is 5.69. The third-order valence-corrected chi connectivity index (χ3v) is 4.96. The average Bonchev–Trinajstić information content (AvgIpc) is 3.23. The fourth-order valence-corrected chi connectivity index (χ4v) is 3.40. The molecule has 0 bridgehead atoms. The van der Waals surface area contributed by atoms with Crippen molar-refractivity contribution < 1.29 is 13.2 Å². The summed E-state index contributed by atoms with van der Waals surface area (Å²) in [7, 11) is -2.20. The van der Waals surface area contributed by atoms with Gasteiger partial charge in [0.15, 0.2) is 5.82 Å². The van der Waals surface area contributed by atoms with E-state index in [0.29, 0.717) is 0 Å². The predicted molar refractivity (Wildman–Crippen MR) is 85.7 cm³/mol. The van der Waals surface area contributed by atoms with Crippen LogP contribution in [0, 0.1) is 6.92 Å². The number of aryl methyl sites for hydroxylation is 2. The number of benzene rings is 1. The van der Waals surface area contributed by atoms with Gasteiger partial charge in [0.1, 0.15) is 5.56 Å². The molecular weight excluding hydrogens is 316 g/mol. The van der Waals surface area contributed by atoms with Crippen molar-refractivity contribution in [3.05, 3.63) is 41.6 Å². The summed E-state index contributed by atoms with van der Waals surface area (Å²) in [6, 6.07) is 6.76. The first kappa shape index (κ1) is 15.5. The Balaban J connectivity index is 1.90. The van der Waals surface area contributed by atoms with Crippen molar-refractivity contribution in [3.8, 4) is 0 Å². The van der Waals surface area contributed by atoms with Crippen LogP contribution in [-0.2, 0) is 17.1 Å². The normalized spacial score (nSPS) is 14.5. The minimum absolute atomic E-state index is 0.146. The van der Waals surface area contributed by atoms with Crippen molar-refractivity contribution >= 4 is 21.7 Å². The molecule has 2 aromatic rings. The summed E-state index contributed by atoms with van der Waals surface area (Å²) in [5.74, 6) is -0.160. The maximum Gasteiger partial charge on any atom is 0.263 e. The Morgan fingerprint density at radius 2 is 2.09 bits per heavy atom. The highest BCUT2D eigenvalue weighted by Crippen LogP contribution is 2.23. The van der Waals surface area contributed by atoms with Gasteiger partial charge in [0, 0.05) is 13.1 Å². The molecule has 7 nitrogen and oxygen atoms in total. The number of nitrogens with one attached hydrogen (secondary N) is 2. The molecule has 0 atom stereocenters. The van der Waals surface area contributed by atoms with Crippen molar-refractivity contribution in [2.45, 2.75) is 30.7 Å². The van der Waals surface area contributed by atoms with Gasteiger partial charge in [-0.25, -0.2) is 8.42 Å². The zero-order chi connectivity index (χ0) is 16.6. The van der Waals surface area contributed by atoms with Crippen molar-refractivity contribution in [1.82, 2.24) is 15.1 Å². The molecule has 1 aromatic carbocycles. The molecular formula is C15H18N4O3S. The maximum atomic E-state index is 12.5. The molecule has 2 N–H and O–H groups in total. The van der Waals surface area contributed by atoms with Gasteiger partial charge in [-0.1, -0.05) is 12.1 Å². The molecule has 3 rings (SSSR count). The fraction of sp³-hybridized carbons (Fsp3) is 0.333. The van der Waals surface area contributed by atoms with E-state index in [4.69, 9.17) is 0 Å². The summed E-state index contributed by atoms with van der Waals surface area (Å²) in [6.45, 7) is 1.82. The highest BCUT2D eigenvalue weighted by Gasteiger charge is 2.27. The van der Waals surface area contributed by atoms with E-state index >= 15 is 0 Å². The third kappa shape index (κ3) is 3.37. The molecule has 0 saturated heterocycles. The number of carbonyl (C=O) groups is 1. The first-order chi connectivity index (χ1) is 10.9. The van der Waals surface area contributed by atoms with Crippen LogP contribution in [-0.4, -0.2) is 30.1 Å². The third-order valence-electron chi connectivity index (χ3n) is 3.63. The highest BCUT2D eigenvalue weighted by molar-refractivity contribution is 7.92. The summed E-state index contributed by atoms with van der Waals surface area (Å²) >= 11 is 0. The van der Waals surface area contributed by atoms with Crippen molar-refractivity contribution in [3.63, 3.8) is 0 Å². The number of sulfonamides is 1. The summed E-state index contributed by atoms with van der Waals surface area (Å²) in [5.41, 5.74) is 1.06. The van der Waals surface area contributed by atoms with Gasteiger partial charge >= 0.3 is 0 Å². The molecule has 23 heavy (non-hydrogen) atoms. The van der Waals surface area contributed by atoms with Crippen molar-refractivity contribution in [2.75, 3.05) is 4.72 Å². The number of aromatic nitrogens is 2. The minimum atomic E-state index is -3.79. The van der Waals surface area contributed by atoms with E-state index in [1.807, 2.05) is 13.0 Å². The largest absolute Gasteiger partial charge is 0.349 e. The Bertz CT molecular complexity index is 853. The molecule has 1 aromatic heterocycles. The van der Waals surface area contributed by atoms with Gasteiger partial charge in [-0.2, -0.15) is 5.10 Å². The number of rotatable bonds is 5. The van der Waals surface area contributed by atoms with Crippen molar-refractivity contribution in [2.24, 2.45) is 7.05 Å². The van der Waals surface area contributed by atoms with E-state index < -0.39 is 10.0 Å². The van der Waals surface area contributed by atoms with E-state index in [1.165, 1.54) is 16.9 Å². The summed E-state index contributed by atoms with van der Waals surface area (Å²) in [5, 5.41) is 6.82. The Morgan fingerprint density at radius 1 is 1.35 bits per heavy atom. The lowest BCUT2D eigenvalue weighted by atomic mass is 10.2. The fourth-order valence-electron chi connectivity index (χ4n) is 2.18. The van der Waals surface area contributed by atoms with Gasteiger partial charge in [-0.05, 0) is 37.5 Å². The van der Waals surface area contributed by atoms with E-state index in [2.05, 4.69) is 15.1 Å². The highest BCUT2D eigenvalue weighted by atomic mass is 32.2. The molecule has 1 heterocycles. The van der Waals surface area contributed by atoms with Gasteiger partial charge in [-0.15, -0.1) is 0 Å². The predicted octanol–water partition coefficient (Wildman–Crippen LogP) is 1.42. The molecule has 1 aliphatic carbocycles. The smallest absolute Gasteiger partial charge is 0.263 e. The number of nitrogens with zero attached hydrogens (tertiary/aromatic N) is 2. The van der Waals surface area contributed by atoms with E-state index in [1.54, 1.807) is 19.2 Å². The summed E-state index contributed by atoms with van der Waals surface area (Å²) in [4.78, 5) is 12.4. The first-order valence-corrected chi connectivity index (χ1v) is 8.77. The van der Waals surface area contributed by atoms with Crippen LogP contribution < -0.4 is 10.0 Å². The number of hydrogen-bond acceptors (Lipinski definition) is 4. The van der Waals surface area contributed by atoms with Gasteiger partial charge in [0.2, 0.25) is 0 Å². The first-order valence-electron chi connectivity index (χ1n) is 7.29. The molecule has 1 amide bonds. The van der Waals surface area contributed by atoms with Crippen LogP contribution >= 0.6 is 0 Å². The summed E-state index contributed by atoms with van der Waals surface area (Å²) < 4.78 is 28.9. The lowest BCUT2D eigenvalue weighted by Crippen LogP contribution is -2.27. The second-order valence-electron chi connectivity index (χ2n) is 5.70. The monoisotopic (exact) mass is 334 g/mol. The SMILES string of the molecule is Cc1cccc(S(=O)(=O)Nc2c(C(=O)NC3CC3)cnn2C)c1. The lowest BCUT2D eigenvalue weighted by Gasteiger charge is -2.11. The number of carbonyl (C=O) groups excluding carboxylic acids is 1. The van der Waals surface area contributed by atoms with Gasteiger partial charge in [0.25, 0.3) is 15.9 Å². The van der Waals surface area contributed by atoms with E-state index in [-0.39, 0.29) is 28.2 Å². The number of anilines is 1. The Hall–Kier alpha value is -2.35. The molecule has 0 unspecified atom stereocenters. The van der Waals surface area contributed by atoms with Crippen LogP contribution in [0.3, 0.4) is 0 Å². The molecule has 1 aliphatic rings. The molecule has 8 heteroatoms. The van der Waals surface area contributed by atoms with Gasteiger partial charge < -0.3 is 5.32 Å². The zero-order valence-electron chi connectivity index (χ0n) is 12.9. The van der Waals surface area contributed by atoms with Crippen molar-refractivity contribution in [1.29, 1.82) is 0 Å². The van der Waals surface area contributed by atoms with Gasteiger partial charge in [-0.3, -0.25) is 14.2 Å². The molecule has 0 radical (unpaired) electrons. The second-order valence-corrected chi connectivity index (χ2v) is 7.38. The maximum absolute atomic E-state index is 12.5. The van der Waals surface area contributed by atoms with Crippen LogP contribution in [0.1, 0.15) is 28.8 Å². The van der Waals surface area contributed by atoms with Crippen LogP contribution in [0.5, 0.6) is 0 Å². The van der Waals surface area contributed by atoms with Crippen LogP contribution in [0.25, 0.3) is 0 Å². The lowest BCUT2D eigenvalue weighted by molar-refractivity contribution is 0.0952. The molecule has 0 spiro atoms. The van der Waals surface area contributed by atoms with E-state index in [9.17, 15) is 13.2 Å². The molecule has 1 fully saturated rings.